The van der Waals surface area contributed by atoms with Gasteiger partial charge in [-0.05, 0) is 25.1 Å². The first-order chi connectivity index (χ1) is 14.7. The third-order valence-corrected chi connectivity index (χ3v) is 7.01. The number of hydrogen-bond acceptors (Lipinski definition) is 6. The molecule has 8 heteroatoms. The molecule has 0 radical (unpaired) electrons. The van der Waals surface area contributed by atoms with Crippen molar-refractivity contribution in [1.29, 1.82) is 0 Å². The van der Waals surface area contributed by atoms with E-state index in [0.29, 0.717) is 17.7 Å². The summed E-state index contributed by atoms with van der Waals surface area (Å²) in [6.07, 6.45) is 7.41. The molecule has 1 saturated heterocycles. The summed E-state index contributed by atoms with van der Waals surface area (Å²) in [5.41, 5.74) is 8.38. The van der Waals surface area contributed by atoms with Gasteiger partial charge in [0.15, 0.2) is 0 Å². The van der Waals surface area contributed by atoms with Gasteiger partial charge in [-0.15, -0.1) is 0 Å². The van der Waals surface area contributed by atoms with Crippen molar-refractivity contribution in [3.8, 4) is 17.2 Å². The van der Waals surface area contributed by atoms with Crippen molar-refractivity contribution < 1.29 is 0 Å². The van der Waals surface area contributed by atoms with Crippen LogP contribution in [-0.4, -0.2) is 61.2 Å². The highest BCUT2D eigenvalue weighted by Crippen LogP contribution is 2.32. The maximum absolute atomic E-state index is 6.57. The minimum atomic E-state index is -0.355. The van der Waals surface area contributed by atoms with Crippen LogP contribution in [0.15, 0.2) is 48.9 Å². The molecule has 3 N–H and O–H groups in total. The summed E-state index contributed by atoms with van der Waals surface area (Å²) in [7, 11) is 0. The highest BCUT2D eigenvalue weighted by atomic mass is 127. The molecule has 1 aliphatic rings. The first kappa shape index (κ1) is 20.8. The zero-order valence-electron chi connectivity index (χ0n) is 17.0. The minimum absolute atomic E-state index is 0.355. The third kappa shape index (κ3) is 4.35. The van der Waals surface area contributed by atoms with Crippen LogP contribution in [0.1, 0.15) is 12.6 Å². The van der Waals surface area contributed by atoms with Gasteiger partial charge in [-0.25, -0.2) is 15.0 Å². The van der Waals surface area contributed by atoms with E-state index >= 15 is 0 Å². The molecule has 3 heterocycles. The largest absolute Gasteiger partial charge is 0.383 e. The van der Waals surface area contributed by atoms with E-state index in [-0.39, 0.29) is 20.7 Å². The Hall–Kier alpha value is -2.43. The zero-order valence-corrected chi connectivity index (χ0v) is 19.2. The Morgan fingerprint density at radius 1 is 1.33 bits per heavy atom. The summed E-state index contributed by atoms with van der Waals surface area (Å²) in [4.78, 5) is 15.8. The second-order valence-corrected chi connectivity index (χ2v) is 9.10. The predicted molar refractivity (Wildman–Crippen MR) is 132 cm³/mol. The second kappa shape index (κ2) is 9.59. The maximum Gasteiger partial charge on any atom is 0.149 e. The van der Waals surface area contributed by atoms with Crippen molar-refractivity contribution in [1.82, 2.24) is 29.7 Å². The molecule has 0 saturated carbocycles. The van der Waals surface area contributed by atoms with Crippen LogP contribution in [0.3, 0.4) is 0 Å². The highest BCUT2D eigenvalue weighted by Gasteiger charge is 2.19. The van der Waals surface area contributed by atoms with Crippen molar-refractivity contribution in [2.75, 3.05) is 31.9 Å². The second-order valence-electron chi connectivity index (χ2n) is 7.17. The van der Waals surface area contributed by atoms with Gasteiger partial charge in [0, 0.05) is 47.6 Å². The van der Waals surface area contributed by atoms with Gasteiger partial charge in [0.1, 0.15) is 29.5 Å². The number of hydrogen-bond donors (Lipinski definition) is 2. The van der Waals surface area contributed by atoms with Gasteiger partial charge in [-0.2, -0.15) is 0 Å². The number of piperazine rings is 1. The van der Waals surface area contributed by atoms with E-state index in [2.05, 4.69) is 49.8 Å². The normalized spacial score (nSPS) is 17.6. The van der Waals surface area contributed by atoms with Crippen molar-refractivity contribution in [3.63, 3.8) is 0 Å². The molecule has 0 unspecified atom stereocenters. The van der Waals surface area contributed by atoms with Gasteiger partial charge in [0.05, 0.1) is 0 Å². The Kier molecular flexibility index (Phi) is 6.66. The number of anilines is 1. The van der Waals surface area contributed by atoms with Crippen LogP contribution < -0.4 is 11.1 Å². The molecule has 0 bridgehead atoms. The summed E-state index contributed by atoms with van der Waals surface area (Å²) in [6, 6.07) is 10.6. The number of nitrogens with two attached hydrogens (primary N) is 1. The summed E-state index contributed by atoms with van der Waals surface area (Å²) in [5.74, 6) is 2.07. The lowest BCUT2D eigenvalue weighted by molar-refractivity contribution is 0.193. The Bertz CT molecular complexity index is 1040. The number of nitrogens with one attached hydrogen (secondary N) is 1. The van der Waals surface area contributed by atoms with Crippen LogP contribution in [0.25, 0.3) is 23.3 Å². The van der Waals surface area contributed by atoms with Crippen LogP contribution in [0.4, 0.5) is 5.82 Å². The van der Waals surface area contributed by atoms with E-state index in [4.69, 9.17) is 10.7 Å². The molecule has 4 rings (SSSR count). The van der Waals surface area contributed by atoms with E-state index in [9.17, 15) is 0 Å². The van der Waals surface area contributed by atoms with Gasteiger partial charge in [0.2, 0.25) is 0 Å². The third-order valence-electron chi connectivity index (χ3n) is 5.25. The first-order valence-electron chi connectivity index (χ1n) is 9.92. The van der Waals surface area contributed by atoms with E-state index in [1.54, 1.807) is 6.20 Å². The summed E-state index contributed by atoms with van der Waals surface area (Å²) >= 11 is -0.355. The molecule has 0 spiro atoms. The quantitative estimate of drug-likeness (QED) is 0.492. The van der Waals surface area contributed by atoms with E-state index in [1.807, 2.05) is 28.8 Å². The van der Waals surface area contributed by atoms with Crippen molar-refractivity contribution in [3.05, 3.63) is 58.2 Å². The lowest BCUT2D eigenvalue weighted by Crippen LogP contribution is -2.49. The fraction of sp³-hybridized carbons (Fsp3) is 0.273. The van der Waals surface area contributed by atoms with E-state index in [0.717, 1.165) is 43.3 Å². The van der Waals surface area contributed by atoms with E-state index < -0.39 is 0 Å². The number of rotatable bonds is 6. The van der Waals surface area contributed by atoms with Crippen LogP contribution in [0.2, 0.25) is 0 Å². The lowest BCUT2D eigenvalue weighted by Gasteiger charge is -2.32. The topological polar surface area (TPSA) is 84.9 Å². The van der Waals surface area contributed by atoms with Crippen molar-refractivity contribution in [2.45, 2.75) is 13.0 Å². The molecule has 30 heavy (non-hydrogen) atoms. The molecule has 3 aromatic rings. The van der Waals surface area contributed by atoms with Crippen LogP contribution in [-0.2, 0) is 0 Å². The molecule has 1 aliphatic heterocycles. The Morgan fingerprint density at radius 3 is 2.97 bits per heavy atom. The Labute approximate surface area is 186 Å². The lowest BCUT2D eigenvalue weighted by atomic mass is 10.2. The summed E-state index contributed by atoms with van der Waals surface area (Å²) in [6.45, 7) is 6.21. The number of imidazole rings is 1. The molecule has 2 aromatic heterocycles. The maximum atomic E-state index is 6.57. The van der Waals surface area contributed by atoms with E-state index in [1.165, 1.54) is 9.90 Å². The number of nitrogen functional groups attached to an aromatic ring is 1. The fourth-order valence-electron chi connectivity index (χ4n) is 3.61. The average Bonchev–Trinajstić information content (AvgIpc) is 3.11. The molecule has 1 atom stereocenters. The molecule has 156 valence electrons. The highest BCUT2D eigenvalue weighted by molar-refractivity contribution is 14.2. The minimum Gasteiger partial charge on any atom is -0.383 e. The molecular formula is C22H26IN7. The number of nitrogens with zero attached hydrogens (tertiary/aromatic N) is 5. The predicted octanol–water partition coefficient (Wildman–Crippen LogP) is 2.79. The molecule has 0 aliphatic carbocycles. The number of aromatic nitrogens is 4. The molecular weight excluding hydrogens is 489 g/mol. The smallest absolute Gasteiger partial charge is 0.149 e. The van der Waals surface area contributed by atoms with Gasteiger partial charge in [-0.3, -0.25) is 9.47 Å². The van der Waals surface area contributed by atoms with Gasteiger partial charge < -0.3 is 11.1 Å². The van der Waals surface area contributed by atoms with Crippen LogP contribution in [0.5, 0.6) is 0 Å². The van der Waals surface area contributed by atoms with Crippen LogP contribution in [0, 0.1) is 3.57 Å². The Balaban J connectivity index is 1.73. The fourth-order valence-corrected chi connectivity index (χ4v) is 4.91. The van der Waals surface area contributed by atoms with Crippen molar-refractivity contribution in [2.24, 2.45) is 0 Å². The monoisotopic (exact) mass is 515 g/mol. The van der Waals surface area contributed by atoms with Gasteiger partial charge in [-0.1, -0.05) is 49.5 Å². The molecule has 1 aromatic carbocycles. The van der Waals surface area contributed by atoms with Gasteiger partial charge >= 0.3 is 0 Å². The van der Waals surface area contributed by atoms with Crippen molar-refractivity contribution >= 4 is 37.1 Å². The summed E-state index contributed by atoms with van der Waals surface area (Å²) in [5, 5.41) is 3.42. The number of halogens is 1. The molecule has 1 fully saturated rings. The Morgan fingerprint density at radius 2 is 2.20 bits per heavy atom. The molecule has 7 nitrogen and oxygen atoms in total. The standard InChI is InChI=1S/C22H26IN7/c1-16-14-25-11-13-29(16)12-5-8-19-21(24)30(20-9-10-26-15-27-20)22(28-19)17-6-3-4-7-18(17)23-2/h3-10,15-16,25H,2,11-14,24H2,1H3/b8-5-/t16-/m1/s1. The van der Waals surface area contributed by atoms with Gasteiger partial charge in [0.25, 0.3) is 0 Å². The first-order valence-corrected chi connectivity index (χ1v) is 12.5. The number of benzene rings is 1. The SMILES string of the molecule is C=Ic1ccccc1-c1nc(/C=C\CN2CCNC[C@H]2C)c(N)n1-c1ccncn1. The molecule has 0 amide bonds. The average molecular weight is 515 g/mol. The van der Waals surface area contributed by atoms with Crippen LogP contribution >= 0.6 is 20.7 Å². The summed E-state index contributed by atoms with van der Waals surface area (Å²) < 4.78 is 7.31. The zero-order chi connectivity index (χ0) is 20.9.